The van der Waals surface area contributed by atoms with Crippen molar-refractivity contribution in [1.29, 1.82) is 0 Å². The Balaban J connectivity index is 1.49. The van der Waals surface area contributed by atoms with E-state index in [0.717, 1.165) is 5.56 Å². The van der Waals surface area contributed by atoms with Crippen LogP contribution in [-0.2, 0) is 15.9 Å². The molecule has 12 nitrogen and oxygen atoms in total. The van der Waals surface area contributed by atoms with Gasteiger partial charge in [-0.1, -0.05) is 6.07 Å². The van der Waals surface area contributed by atoms with Crippen LogP contribution in [0.15, 0.2) is 30.3 Å². The fourth-order valence-corrected chi connectivity index (χ4v) is 5.13. The second-order valence-electron chi connectivity index (χ2n) is 9.64. The number of hydrogen-bond donors (Lipinski definition) is 6. The monoisotopic (exact) mass is 552 g/mol. The summed E-state index contributed by atoms with van der Waals surface area (Å²) in [4.78, 5) is 0. The van der Waals surface area contributed by atoms with E-state index in [2.05, 4.69) is 0 Å². The molecule has 2 aromatic carbocycles. The molecule has 0 bridgehead atoms. The van der Waals surface area contributed by atoms with Crippen LogP contribution in [0.25, 0.3) is 0 Å². The first-order chi connectivity index (χ1) is 18.8. The number of ether oxygens (including phenoxy) is 6. The third-order valence-electron chi connectivity index (χ3n) is 7.34. The van der Waals surface area contributed by atoms with Gasteiger partial charge < -0.3 is 59.1 Å². The maximum atomic E-state index is 10.3. The molecule has 2 aliphatic rings. The van der Waals surface area contributed by atoms with Gasteiger partial charge in [0.05, 0.1) is 40.6 Å². The smallest absolute Gasteiger partial charge is 0.229 e. The zero-order chi connectivity index (χ0) is 28.3. The van der Waals surface area contributed by atoms with Crippen molar-refractivity contribution in [2.75, 3.05) is 41.2 Å². The molecule has 8 atom stereocenters. The molecule has 0 aromatic heterocycles. The minimum atomic E-state index is -1.56. The predicted molar refractivity (Wildman–Crippen MR) is 135 cm³/mol. The molecule has 0 amide bonds. The SMILES string of the molecule is COc1cc(C[C@@H]2CO[C@@H](c3cc(OC)c(O)c(OC)c3)[C@@H]2CO)ccc1O[C@@H]1O[C@H](CO)[C@@H](O)[C@H](O)[C@H]1O. The lowest BCUT2D eigenvalue weighted by Crippen LogP contribution is -2.60. The van der Waals surface area contributed by atoms with Gasteiger partial charge in [0.15, 0.2) is 23.0 Å². The van der Waals surface area contributed by atoms with Gasteiger partial charge in [-0.25, -0.2) is 0 Å². The van der Waals surface area contributed by atoms with Crippen molar-refractivity contribution in [1.82, 2.24) is 0 Å². The van der Waals surface area contributed by atoms with Gasteiger partial charge in [0.25, 0.3) is 0 Å². The quantitative estimate of drug-likeness (QED) is 0.235. The van der Waals surface area contributed by atoms with Gasteiger partial charge in [-0.05, 0) is 47.7 Å². The minimum Gasteiger partial charge on any atom is -0.502 e. The van der Waals surface area contributed by atoms with Gasteiger partial charge in [0.1, 0.15) is 24.4 Å². The molecule has 2 saturated heterocycles. The van der Waals surface area contributed by atoms with E-state index in [1.165, 1.54) is 21.3 Å². The molecule has 12 heteroatoms. The summed E-state index contributed by atoms with van der Waals surface area (Å²) < 4.78 is 33.3. The van der Waals surface area contributed by atoms with E-state index in [-0.39, 0.29) is 41.4 Å². The maximum Gasteiger partial charge on any atom is 0.229 e. The highest BCUT2D eigenvalue weighted by molar-refractivity contribution is 5.53. The molecule has 216 valence electrons. The van der Waals surface area contributed by atoms with Crippen molar-refractivity contribution < 1.29 is 59.1 Å². The van der Waals surface area contributed by atoms with Gasteiger partial charge in [-0.2, -0.15) is 0 Å². The first-order valence-electron chi connectivity index (χ1n) is 12.6. The molecule has 0 saturated carbocycles. The summed E-state index contributed by atoms with van der Waals surface area (Å²) in [6, 6.07) is 8.53. The lowest BCUT2D eigenvalue weighted by Gasteiger charge is -2.39. The number of rotatable bonds is 10. The third-order valence-corrected chi connectivity index (χ3v) is 7.34. The average Bonchev–Trinajstić information content (AvgIpc) is 3.36. The Morgan fingerprint density at radius 1 is 0.821 bits per heavy atom. The molecule has 2 heterocycles. The molecular formula is C27H36O12. The second-order valence-corrected chi connectivity index (χ2v) is 9.64. The lowest BCUT2D eigenvalue weighted by atomic mass is 9.84. The zero-order valence-corrected chi connectivity index (χ0v) is 22.0. The Hall–Kier alpha value is -2.84. The summed E-state index contributed by atoms with van der Waals surface area (Å²) in [5.41, 5.74) is 1.59. The van der Waals surface area contributed by atoms with Crippen LogP contribution in [0.4, 0.5) is 0 Å². The molecule has 39 heavy (non-hydrogen) atoms. The molecule has 2 aliphatic heterocycles. The Morgan fingerprint density at radius 2 is 1.49 bits per heavy atom. The lowest BCUT2D eigenvalue weighted by molar-refractivity contribution is -0.277. The van der Waals surface area contributed by atoms with Crippen LogP contribution in [0.2, 0.25) is 0 Å². The van der Waals surface area contributed by atoms with Crippen LogP contribution < -0.4 is 18.9 Å². The van der Waals surface area contributed by atoms with E-state index in [0.29, 0.717) is 24.3 Å². The van der Waals surface area contributed by atoms with Crippen molar-refractivity contribution in [2.45, 2.75) is 43.2 Å². The molecule has 0 spiro atoms. The van der Waals surface area contributed by atoms with Gasteiger partial charge in [0, 0.05) is 12.5 Å². The van der Waals surface area contributed by atoms with E-state index >= 15 is 0 Å². The van der Waals surface area contributed by atoms with Crippen molar-refractivity contribution in [2.24, 2.45) is 11.8 Å². The summed E-state index contributed by atoms with van der Waals surface area (Å²) in [7, 11) is 4.34. The predicted octanol–water partition coefficient (Wildman–Crippen LogP) is 0.135. The number of aliphatic hydroxyl groups is 5. The highest BCUT2D eigenvalue weighted by Gasteiger charge is 2.45. The van der Waals surface area contributed by atoms with Gasteiger partial charge >= 0.3 is 0 Å². The van der Waals surface area contributed by atoms with Crippen LogP contribution >= 0.6 is 0 Å². The third kappa shape index (κ3) is 5.87. The standard InChI is InChI=1S/C27H36O12/c1-34-18-7-13(4-5-17(18)38-27-25(33)24(32)23(31)21(11-29)39-27)6-15-12-37-26(16(15)10-28)14-8-19(35-2)22(30)20(9-14)36-3/h4-5,7-9,15-16,21,23-33H,6,10-12H2,1-3H3/t15-,16-,21-,23-,24+,25-,26+,27-/m1/s1. The Morgan fingerprint density at radius 3 is 2.08 bits per heavy atom. The normalized spacial score (nSPS) is 30.7. The van der Waals surface area contributed by atoms with Crippen molar-refractivity contribution in [3.63, 3.8) is 0 Å². The van der Waals surface area contributed by atoms with E-state index in [9.17, 15) is 30.6 Å². The van der Waals surface area contributed by atoms with Crippen LogP contribution in [0.5, 0.6) is 28.7 Å². The fourth-order valence-electron chi connectivity index (χ4n) is 5.13. The minimum absolute atomic E-state index is 0.0484. The summed E-state index contributed by atoms with van der Waals surface area (Å²) in [5.74, 6) is 0.645. The zero-order valence-electron chi connectivity index (χ0n) is 22.0. The van der Waals surface area contributed by atoms with Crippen LogP contribution in [0.3, 0.4) is 0 Å². The molecule has 4 rings (SSSR count). The molecule has 2 aromatic rings. The maximum absolute atomic E-state index is 10.3. The number of phenols is 1. The first-order valence-corrected chi connectivity index (χ1v) is 12.6. The molecule has 0 radical (unpaired) electrons. The van der Waals surface area contributed by atoms with Crippen LogP contribution in [0, 0.1) is 11.8 Å². The van der Waals surface area contributed by atoms with Crippen LogP contribution in [0.1, 0.15) is 17.2 Å². The fraction of sp³-hybridized carbons (Fsp3) is 0.556. The highest BCUT2D eigenvalue weighted by Crippen LogP contribution is 2.45. The number of phenolic OH excluding ortho intramolecular Hbond substituents is 1. The largest absolute Gasteiger partial charge is 0.502 e. The topological polar surface area (TPSA) is 177 Å². The molecule has 2 fully saturated rings. The van der Waals surface area contributed by atoms with Crippen molar-refractivity contribution >= 4 is 0 Å². The first kappa shape index (κ1) is 29.2. The van der Waals surface area contributed by atoms with Crippen molar-refractivity contribution in [3.8, 4) is 28.7 Å². The number of aliphatic hydroxyl groups excluding tert-OH is 5. The molecule has 6 N–H and O–H groups in total. The molecule has 0 unspecified atom stereocenters. The summed E-state index contributed by atoms with van der Waals surface area (Å²) in [6.07, 6.45) is -6.95. The van der Waals surface area contributed by atoms with Crippen molar-refractivity contribution in [3.05, 3.63) is 41.5 Å². The van der Waals surface area contributed by atoms with E-state index in [1.54, 1.807) is 30.3 Å². The number of benzene rings is 2. The van der Waals surface area contributed by atoms with E-state index < -0.39 is 43.4 Å². The van der Waals surface area contributed by atoms with Crippen LogP contribution in [-0.4, -0.2) is 102 Å². The average molecular weight is 553 g/mol. The summed E-state index contributed by atoms with van der Waals surface area (Å²) in [6.45, 7) is -0.315. The Bertz CT molecular complexity index is 1080. The molecular weight excluding hydrogens is 516 g/mol. The number of aromatic hydroxyl groups is 1. The van der Waals surface area contributed by atoms with E-state index in [4.69, 9.17) is 28.4 Å². The Labute approximate surface area is 225 Å². The Kier molecular flexibility index (Phi) is 9.39. The highest BCUT2D eigenvalue weighted by atomic mass is 16.7. The summed E-state index contributed by atoms with van der Waals surface area (Å²) >= 11 is 0. The number of methoxy groups -OCH3 is 3. The van der Waals surface area contributed by atoms with Gasteiger partial charge in [-0.3, -0.25) is 0 Å². The molecule has 0 aliphatic carbocycles. The van der Waals surface area contributed by atoms with Gasteiger partial charge in [-0.15, -0.1) is 0 Å². The second kappa shape index (κ2) is 12.6. The number of hydrogen-bond acceptors (Lipinski definition) is 12. The van der Waals surface area contributed by atoms with Gasteiger partial charge in [0.2, 0.25) is 12.0 Å². The summed E-state index contributed by atoms with van der Waals surface area (Å²) in [5, 5.41) is 60.2. The van der Waals surface area contributed by atoms with E-state index in [1.807, 2.05) is 0 Å².